The molecule has 2 rings (SSSR count). The first-order chi connectivity index (χ1) is 7.79. The van der Waals surface area contributed by atoms with Gasteiger partial charge in [0.2, 0.25) is 0 Å². The van der Waals surface area contributed by atoms with Gasteiger partial charge < -0.3 is 4.74 Å². The number of hydrogen-bond donors (Lipinski definition) is 0. The molecule has 1 unspecified atom stereocenters. The van der Waals surface area contributed by atoms with Crippen LogP contribution >= 0.6 is 0 Å². The van der Waals surface area contributed by atoms with Gasteiger partial charge in [-0.2, -0.15) is 5.10 Å². The Morgan fingerprint density at radius 3 is 2.71 bits per heavy atom. The van der Waals surface area contributed by atoms with Crippen LogP contribution in [-0.2, 0) is 18.3 Å². The summed E-state index contributed by atoms with van der Waals surface area (Å²) >= 11 is 0. The molecule has 0 saturated heterocycles. The van der Waals surface area contributed by atoms with Gasteiger partial charge in [-0.15, -0.1) is 0 Å². The second-order valence-corrected chi connectivity index (χ2v) is 5.45. The van der Waals surface area contributed by atoms with Crippen molar-refractivity contribution in [3.8, 4) is 0 Å². The first kappa shape index (κ1) is 12.0. The number of fused-ring (bicyclic) bond motifs is 1. The Kier molecular flexibility index (Phi) is 2.64. The second kappa shape index (κ2) is 3.75. The van der Waals surface area contributed by atoms with Crippen molar-refractivity contribution in [2.45, 2.75) is 45.9 Å². The van der Waals surface area contributed by atoms with E-state index in [1.165, 1.54) is 0 Å². The summed E-state index contributed by atoms with van der Waals surface area (Å²) in [5.41, 5.74) is 1.74. The van der Waals surface area contributed by atoms with Gasteiger partial charge in [-0.05, 0) is 27.7 Å². The molecule has 1 aliphatic heterocycles. The van der Waals surface area contributed by atoms with E-state index in [0.717, 1.165) is 11.3 Å². The van der Waals surface area contributed by atoms with Crippen LogP contribution in [-0.4, -0.2) is 26.4 Å². The number of ether oxygens (including phenoxy) is 1. The Hall–Kier alpha value is -1.52. The standard InChI is InChI=1S/C12H19N3O2/c1-8-9-6-13-14(5)10(9)7-15(8)11(16)17-12(2,3)4/h6,8H,7H2,1-5H3. The number of carbonyl (C=O) groups is 1. The summed E-state index contributed by atoms with van der Waals surface area (Å²) in [4.78, 5) is 13.8. The van der Waals surface area contributed by atoms with E-state index in [2.05, 4.69) is 5.10 Å². The van der Waals surface area contributed by atoms with Crippen LogP contribution in [0.15, 0.2) is 6.20 Å². The summed E-state index contributed by atoms with van der Waals surface area (Å²) in [6.45, 7) is 8.19. The van der Waals surface area contributed by atoms with E-state index in [9.17, 15) is 4.79 Å². The van der Waals surface area contributed by atoms with Crippen molar-refractivity contribution in [1.82, 2.24) is 14.7 Å². The molecule has 0 radical (unpaired) electrons. The van der Waals surface area contributed by atoms with E-state index in [4.69, 9.17) is 4.74 Å². The lowest BCUT2D eigenvalue weighted by molar-refractivity contribution is 0.0184. The minimum absolute atomic E-state index is 0.0357. The van der Waals surface area contributed by atoms with Crippen LogP contribution in [0, 0.1) is 0 Å². The van der Waals surface area contributed by atoms with E-state index in [0.29, 0.717) is 6.54 Å². The minimum Gasteiger partial charge on any atom is -0.444 e. The second-order valence-electron chi connectivity index (χ2n) is 5.45. The van der Waals surface area contributed by atoms with E-state index < -0.39 is 5.60 Å². The fourth-order valence-electron chi connectivity index (χ4n) is 2.03. The van der Waals surface area contributed by atoms with Crippen molar-refractivity contribution in [2.75, 3.05) is 0 Å². The third-order valence-corrected chi connectivity index (χ3v) is 2.96. The Labute approximate surface area is 101 Å². The Morgan fingerprint density at radius 1 is 1.53 bits per heavy atom. The van der Waals surface area contributed by atoms with Crippen LogP contribution < -0.4 is 0 Å². The highest BCUT2D eigenvalue weighted by atomic mass is 16.6. The van der Waals surface area contributed by atoms with Gasteiger partial charge in [0.05, 0.1) is 24.5 Å². The molecule has 17 heavy (non-hydrogen) atoms. The number of amides is 1. The molecule has 0 saturated carbocycles. The van der Waals surface area contributed by atoms with Gasteiger partial charge >= 0.3 is 6.09 Å². The molecule has 1 aromatic rings. The summed E-state index contributed by atoms with van der Waals surface area (Å²) < 4.78 is 7.21. The Bertz CT molecular complexity index is 445. The highest BCUT2D eigenvalue weighted by Gasteiger charge is 2.35. The molecular weight excluding hydrogens is 218 g/mol. The molecule has 0 spiro atoms. The minimum atomic E-state index is -0.455. The van der Waals surface area contributed by atoms with Crippen LogP contribution in [0.25, 0.3) is 0 Å². The number of aromatic nitrogens is 2. The number of carbonyl (C=O) groups excluding carboxylic acids is 1. The fourth-order valence-corrected chi connectivity index (χ4v) is 2.03. The lowest BCUT2D eigenvalue weighted by Gasteiger charge is -2.27. The molecular formula is C12H19N3O2. The SMILES string of the molecule is CC1c2cnn(C)c2CN1C(=O)OC(C)(C)C. The van der Waals surface area contributed by atoms with Crippen molar-refractivity contribution in [1.29, 1.82) is 0 Å². The zero-order valence-electron chi connectivity index (χ0n) is 11.0. The largest absolute Gasteiger partial charge is 0.444 e. The molecule has 1 atom stereocenters. The molecule has 0 aliphatic carbocycles. The van der Waals surface area contributed by atoms with Gasteiger partial charge in [0, 0.05) is 12.6 Å². The first-order valence-electron chi connectivity index (χ1n) is 5.80. The number of rotatable bonds is 0. The zero-order chi connectivity index (χ0) is 12.8. The molecule has 1 amide bonds. The Morgan fingerprint density at radius 2 is 2.18 bits per heavy atom. The van der Waals surface area contributed by atoms with Crippen LogP contribution in [0.4, 0.5) is 4.79 Å². The van der Waals surface area contributed by atoms with Crippen LogP contribution in [0.3, 0.4) is 0 Å². The summed E-state index contributed by atoms with van der Waals surface area (Å²) in [5, 5.41) is 4.19. The zero-order valence-corrected chi connectivity index (χ0v) is 11.0. The first-order valence-corrected chi connectivity index (χ1v) is 5.80. The normalized spacial score (nSPS) is 19.4. The Balaban J connectivity index is 2.15. The molecule has 94 valence electrons. The van der Waals surface area contributed by atoms with Crippen molar-refractivity contribution < 1.29 is 9.53 Å². The smallest absolute Gasteiger partial charge is 0.411 e. The summed E-state index contributed by atoms with van der Waals surface area (Å²) in [6.07, 6.45) is 1.56. The van der Waals surface area contributed by atoms with E-state index in [1.54, 1.807) is 4.90 Å². The average molecular weight is 237 g/mol. The van der Waals surface area contributed by atoms with E-state index >= 15 is 0 Å². The van der Waals surface area contributed by atoms with E-state index in [1.807, 2.05) is 45.6 Å². The fraction of sp³-hybridized carbons (Fsp3) is 0.667. The topological polar surface area (TPSA) is 47.4 Å². The maximum atomic E-state index is 12.0. The molecule has 1 aromatic heterocycles. The van der Waals surface area contributed by atoms with Crippen molar-refractivity contribution in [2.24, 2.45) is 7.05 Å². The molecule has 0 bridgehead atoms. The average Bonchev–Trinajstić information content (AvgIpc) is 2.67. The number of hydrogen-bond acceptors (Lipinski definition) is 3. The van der Waals surface area contributed by atoms with Crippen molar-refractivity contribution in [3.63, 3.8) is 0 Å². The maximum absolute atomic E-state index is 12.0. The van der Waals surface area contributed by atoms with Crippen LogP contribution in [0.1, 0.15) is 45.0 Å². The van der Waals surface area contributed by atoms with Crippen molar-refractivity contribution >= 4 is 6.09 Å². The molecule has 0 aromatic carbocycles. The van der Waals surface area contributed by atoms with Crippen LogP contribution in [0.2, 0.25) is 0 Å². The predicted octanol–water partition coefficient (Wildman–Crippen LogP) is 2.23. The summed E-state index contributed by atoms with van der Waals surface area (Å²) in [6, 6.07) is 0.0357. The van der Waals surface area contributed by atoms with Gasteiger partial charge in [0.25, 0.3) is 0 Å². The third kappa shape index (κ3) is 2.14. The molecule has 5 nitrogen and oxygen atoms in total. The predicted molar refractivity (Wildman–Crippen MR) is 63.4 cm³/mol. The monoisotopic (exact) mass is 237 g/mol. The molecule has 2 heterocycles. The lowest BCUT2D eigenvalue weighted by atomic mass is 10.2. The van der Waals surface area contributed by atoms with Crippen LogP contribution in [0.5, 0.6) is 0 Å². The van der Waals surface area contributed by atoms with Gasteiger partial charge in [0.15, 0.2) is 0 Å². The van der Waals surface area contributed by atoms with Crippen molar-refractivity contribution in [3.05, 3.63) is 17.5 Å². The van der Waals surface area contributed by atoms with Gasteiger partial charge in [-0.3, -0.25) is 9.58 Å². The van der Waals surface area contributed by atoms with Gasteiger partial charge in [0.1, 0.15) is 5.60 Å². The molecule has 1 aliphatic rings. The molecule has 0 fully saturated rings. The lowest BCUT2D eigenvalue weighted by Crippen LogP contribution is -2.35. The number of nitrogens with zero attached hydrogens (tertiary/aromatic N) is 3. The van der Waals surface area contributed by atoms with Gasteiger partial charge in [-0.25, -0.2) is 4.79 Å². The highest BCUT2D eigenvalue weighted by Crippen LogP contribution is 2.33. The molecule has 0 N–H and O–H groups in total. The van der Waals surface area contributed by atoms with E-state index in [-0.39, 0.29) is 12.1 Å². The summed E-state index contributed by atoms with van der Waals surface area (Å²) in [7, 11) is 1.89. The molecule has 5 heteroatoms. The van der Waals surface area contributed by atoms with Gasteiger partial charge in [-0.1, -0.05) is 0 Å². The summed E-state index contributed by atoms with van der Waals surface area (Å²) in [5.74, 6) is 0. The quantitative estimate of drug-likeness (QED) is 0.695. The third-order valence-electron chi connectivity index (χ3n) is 2.96. The maximum Gasteiger partial charge on any atom is 0.411 e. The highest BCUT2D eigenvalue weighted by molar-refractivity contribution is 5.70. The number of aryl methyl sites for hydroxylation is 1.